The SMILES string of the molecule is N#Cc1ccccc1NC(=O)C1CCN(C(=O)c2ccccc2Cl)CC1. The molecular weight excluding hydrogens is 350 g/mol. The quantitative estimate of drug-likeness (QED) is 0.898. The zero-order valence-electron chi connectivity index (χ0n) is 14.1. The third-order valence-electron chi connectivity index (χ3n) is 4.56. The van der Waals surface area contributed by atoms with Crippen LogP contribution < -0.4 is 5.32 Å². The molecule has 0 radical (unpaired) electrons. The molecule has 1 aliphatic rings. The predicted octanol–water partition coefficient (Wildman–Crippen LogP) is 3.70. The molecule has 1 fully saturated rings. The summed E-state index contributed by atoms with van der Waals surface area (Å²) < 4.78 is 0. The molecule has 132 valence electrons. The van der Waals surface area contributed by atoms with Gasteiger partial charge in [0.05, 0.1) is 21.8 Å². The first-order valence-corrected chi connectivity index (χ1v) is 8.81. The van der Waals surface area contributed by atoms with E-state index < -0.39 is 0 Å². The molecule has 5 nitrogen and oxygen atoms in total. The number of carbonyl (C=O) groups excluding carboxylic acids is 2. The molecule has 2 amide bonds. The molecule has 0 spiro atoms. The Labute approximate surface area is 157 Å². The highest BCUT2D eigenvalue weighted by atomic mass is 35.5. The van der Waals surface area contributed by atoms with Crippen LogP contribution >= 0.6 is 11.6 Å². The molecule has 0 aromatic heterocycles. The average molecular weight is 368 g/mol. The lowest BCUT2D eigenvalue weighted by Crippen LogP contribution is -2.41. The molecule has 2 aromatic carbocycles. The summed E-state index contributed by atoms with van der Waals surface area (Å²) in [5.74, 6) is -0.404. The minimum Gasteiger partial charge on any atom is -0.339 e. The summed E-state index contributed by atoms with van der Waals surface area (Å²) in [5, 5.41) is 12.4. The molecule has 2 aromatic rings. The lowest BCUT2D eigenvalue weighted by molar-refractivity contribution is -0.121. The second-order valence-corrected chi connectivity index (χ2v) is 6.60. The van der Waals surface area contributed by atoms with Crippen molar-refractivity contribution in [2.75, 3.05) is 18.4 Å². The van der Waals surface area contributed by atoms with Crippen LogP contribution in [0, 0.1) is 17.2 Å². The lowest BCUT2D eigenvalue weighted by atomic mass is 9.95. The molecule has 0 aliphatic carbocycles. The number of nitriles is 1. The predicted molar refractivity (Wildman–Crippen MR) is 99.9 cm³/mol. The van der Waals surface area contributed by atoms with Gasteiger partial charge in [-0.2, -0.15) is 5.26 Å². The molecule has 1 aliphatic heterocycles. The summed E-state index contributed by atoms with van der Waals surface area (Å²) in [5.41, 5.74) is 1.45. The number of hydrogen-bond acceptors (Lipinski definition) is 3. The molecule has 26 heavy (non-hydrogen) atoms. The van der Waals surface area contributed by atoms with Gasteiger partial charge in [0.1, 0.15) is 6.07 Å². The number of para-hydroxylation sites is 1. The fraction of sp³-hybridized carbons (Fsp3) is 0.250. The monoisotopic (exact) mass is 367 g/mol. The van der Waals surface area contributed by atoms with Gasteiger partial charge in [0.25, 0.3) is 5.91 Å². The van der Waals surface area contributed by atoms with Gasteiger partial charge in [0.15, 0.2) is 0 Å². The minimum atomic E-state index is -0.183. The van der Waals surface area contributed by atoms with Crippen molar-refractivity contribution in [1.82, 2.24) is 4.90 Å². The minimum absolute atomic E-state index is 0.107. The van der Waals surface area contributed by atoms with Crippen molar-refractivity contribution in [2.45, 2.75) is 12.8 Å². The highest BCUT2D eigenvalue weighted by molar-refractivity contribution is 6.33. The van der Waals surface area contributed by atoms with E-state index >= 15 is 0 Å². The van der Waals surface area contributed by atoms with E-state index in [9.17, 15) is 9.59 Å². The van der Waals surface area contributed by atoms with Crippen LogP contribution in [0.25, 0.3) is 0 Å². The number of hydrogen-bond donors (Lipinski definition) is 1. The van der Waals surface area contributed by atoms with Crippen LogP contribution in [0.4, 0.5) is 5.69 Å². The van der Waals surface area contributed by atoms with E-state index in [4.69, 9.17) is 16.9 Å². The zero-order valence-corrected chi connectivity index (χ0v) is 14.9. The molecule has 6 heteroatoms. The standard InChI is InChI=1S/C20H18ClN3O2/c21-17-7-3-2-6-16(17)20(26)24-11-9-14(10-12-24)19(25)23-18-8-4-1-5-15(18)13-22/h1-8,14H,9-12H2,(H,23,25). The molecule has 0 saturated carbocycles. The van der Waals surface area contributed by atoms with Crippen molar-refractivity contribution in [1.29, 1.82) is 5.26 Å². The number of benzene rings is 2. The number of amides is 2. The summed E-state index contributed by atoms with van der Waals surface area (Å²) in [7, 11) is 0. The summed E-state index contributed by atoms with van der Waals surface area (Å²) in [6, 6.07) is 16.0. The maximum atomic E-state index is 12.6. The van der Waals surface area contributed by atoms with Crippen molar-refractivity contribution in [3.63, 3.8) is 0 Å². The average Bonchev–Trinajstić information content (AvgIpc) is 2.68. The Morgan fingerprint density at radius 1 is 1.08 bits per heavy atom. The van der Waals surface area contributed by atoms with Crippen molar-refractivity contribution in [3.05, 3.63) is 64.7 Å². The Hall–Kier alpha value is -2.84. The van der Waals surface area contributed by atoms with Gasteiger partial charge in [-0.05, 0) is 37.1 Å². The molecule has 1 heterocycles. The fourth-order valence-corrected chi connectivity index (χ4v) is 3.29. The van der Waals surface area contributed by atoms with Crippen LogP contribution in [0.5, 0.6) is 0 Å². The molecule has 0 atom stereocenters. The van der Waals surface area contributed by atoms with Gasteiger partial charge in [-0.15, -0.1) is 0 Å². The van der Waals surface area contributed by atoms with E-state index in [-0.39, 0.29) is 17.7 Å². The number of nitrogens with one attached hydrogen (secondary N) is 1. The highest BCUT2D eigenvalue weighted by Crippen LogP contribution is 2.24. The number of anilines is 1. The second-order valence-electron chi connectivity index (χ2n) is 6.19. The Bertz CT molecular complexity index is 867. The van der Waals surface area contributed by atoms with Gasteiger partial charge in [0, 0.05) is 19.0 Å². The molecule has 0 bridgehead atoms. The number of piperidine rings is 1. The zero-order chi connectivity index (χ0) is 18.5. The summed E-state index contributed by atoms with van der Waals surface area (Å²) in [6.45, 7) is 1.00. The van der Waals surface area contributed by atoms with Crippen LogP contribution in [0.15, 0.2) is 48.5 Å². The van der Waals surface area contributed by atoms with E-state index in [0.29, 0.717) is 47.8 Å². The molecule has 1 saturated heterocycles. The largest absolute Gasteiger partial charge is 0.339 e. The summed E-state index contributed by atoms with van der Waals surface area (Å²) in [4.78, 5) is 26.8. The van der Waals surface area contributed by atoms with E-state index in [1.807, 2.05) is 0 Å². The van der Waals surface area contributed by atoms with E-state index in [0.717, 1.165) is 0 Å². The van der Waals surface area contributed by atoms with Crippen molar-refractivity contribution < 1.29 is 9.59 Å². The van der Waals surface area contributed by atoms with Crippen LogP contribution in [0.1, 0.15) is 28.8 Å². The number of likely N-dealkylation sites (tertiary alicyclic amines) is 1. The topological polar surface area (TPSA) is 73.2 Å². The van der Waals surface area contributed by atoms with Gasteiger partial charge in [0.2, 0.25) is 5.91 Å². The maximum Gasteiger partial charge on any atom is 0.255 e. The van der Waals surface area contributed by atoms with Gasteiger partial charge >= 0.3 is 0 Å². The normalized spacial score (nSPS) is 14.5. The Balaban J connectivity index is 1.60. The lowest BCUT2D eigenvalue weighted by Gasteiger charge is -2.31. The fourth-order valence-electron chi connectivity index (χ4n) is 3.07. The van der Waals surface area contributed by atoms with Crippen molar-refractivity contribution in [2.24, 2.45) is 5.92 Å². The Kier molecular flexibility index (Phi) is 5.55. The molecule has 0 unspecified atom stereocenters. The summed E-state index contributed by atoms with van der Waals surface area (Å²) >= 11 is 6.10. The molecule has 1 N–H and O–H groups in total. The highest BCUT2D eigenvalue weighted by Gasteiger charge is 2.28. The first kappa shape index (κ1) is 18.0. The second kappa shape index (κ2) is 8.03. The van der Waals surface area contributed by atoms with Crippen molar-refractivity contribution in [3.8, 4) is 6.07 Å². The number of halogens is 1. The van der Waals surface area contributed by atoms with Crippen LogP contribution in [-0.4, -0.2) is 29.8 Å². The first-order chi connectivity index (χ1) is 12.6. The number of carbonyl (C=O) groups is 2. The van der Waals surface area contributed by atoms with Crippen molar-refractivity contribution >= 4 is 29.1 Å². The van der Waals surface area contributed by atoms with Gasteiger partial charge < -0.3 is 10.2 Å². The van der Waals surface area contributed by atoms with Gasteiger partial charge in [-0.3, -0.25) is 9.59 Å². The van der Waals surface area contributed by atoms with Gasteiger partial charge in [-0.1, -0.05) is 35.9 Å². The third kappa shape index (κ3) is 3.87. The van der Waals surface area contributed by atoms with Crippen LogP contribution in [-0.2, 0) is 4.79 Å². The van der Waals surface area contributed by atoms with Crippen LogP contribution in [0.2, 0.25) is 5.02 Å². The van der Waals surface area contributed by atoms with Gasteiger partial charge in [-0.25, -0.2) is 0 Å². The molecule has 3 rings (SSSR count). The maximum absolute atomic E-state index is 12.6. The first-order valence-electron chi connectivity index (χ1n) is 8.44. The summed E-state index contributed by atoms with van der Waals surface area (Å²) in [6.07, 6.45) is 1.16. The number of nitrogens with zero attached hydrogens (tertiary/aromatic N) is 2. The molecular formula is C20H18ClN3O2. The van der Waals surface area contributed by atoms with E-state index in [1.54, 1.807) is 53.4 Å². The van der Waals surface area contributed by atoms with E-state index in [2.05, 4.69) is 11.4 Å². The smallest absolute Gasteiger partial charge is 0.255 e. The Morgan fingerprint density at radius 2 is 1.73 bits per heavy atom. The van der Waals surface area contributed by atoms with Crippen LogP contribution in [0.3, 0.4) is 0 Å². The Morgan fingerprint density at radius 3 is 2.42 bits per heavy atom. The number of rotatable bonds is 3. The van der Waals surface area contributed by atoms with E-state index in [1.165, 1.54) is 0 Å². The third-order valence-corrected chi connectivity index (χ3v) is 4.89.